The Labute approximate surface area is 318 Å². The summed E-state index contributed by atoms with van der Waals surface area (Å²) >= 11 is 0. The Morgan fingerprint density at radius 2 is 0.909 bits per heavy atom. The van der Waals surface area contributed by atoms with Crippen molar-refractivity contribution in [1.82, 2.24) is 4.57 Å². The fourth-order valence-corrected chi connectivity index (χ4v) is 9.41. The van der Waals surface area contributed by atoms with Crippen molar-refractivity contribution in [3.05, 3.63) is 200 Å². The predicted octanol–water partition coefficient (Wildman–Crippen LogP) is 15.0. The van der Waals surface area contributed by atoms with Gasteiger partial charge in [-0.25, -0.2) is 0 Å². The third-order valence-electron chi connectivity index (χ3n) is 11.9. The van der Waals surface area contributed by atoms with Crippen LogP contribution in [0.2, 0.25) is 0 Å². The van der Waals surface area contributed by atoms with Crippen molar-refractivity contribution in [3.8, 4) is 39.1 Å². The Balaban J connectivity index is 1.13. The molecule has 0 saturated heterocycles. The Morgan fingerprint density at radius 3 is 1.80 bits per heavy atom. The molecule has 1 aromatic heterocycles. The summed E-state index contributed by atoms with van der Waals surface area (Å²) in [5.74, 6) is 0. The van der Waals surface area contributed by atoms with E-state index in [1.54, 1.807) is 0 Å². The number of hydrogen-bond acceptors (Lipinski definition) is 0. The van der Waals surface area contributed by atoms with Crippen LogP contribution in [-0.4, -0.2) is 4.57 Å². The molecule has 0 fully saturated rings. The lowest BCUT2D eigenvalue weighted by atomic mass is 9.86. The number of para-hydroxylation sites is 1. The first-order chi connectivity index (χ1) is 27.3. The smallest absolute Gasteiger partial charge is 0.0626 e. The van der Waals surface area contributed by atoms with Gasteiger partial charge in [0.2, 0.25) is 0 Å². The quantitative estimate of drug-likeness (QED) is 0.162. The van der Waals surface area contributed by atoms with Gasteiger partial charge in [-0.3, -0.25) is 0 Å². The molecule has 0 saturated carbocycles. The van der Waals surface area contributed by atoms with Crippen molar-refractivity contribution in [1.29, 1.82) is 0 Å². The minimum atomic E-state index is 1.16. The van der Waals surface area contributed by atoms with E-state index in [1.165, 1.54) is 109 Å². The van der Waals surface area contributed by atoms with Crippen LogP contribution in [-0.2, 0) is 0 Å². The van der Waals surface area contributed by atoms with Gasteiger partial charge >= 0.3 is 0 Å². The number of aromatic nitrogens is 1. The molecule has 0 aliphatic heterocycles. The molecule has 1 heteroatoms. The molecule has 0 amide bonds. The Kier molecular flexibility index (Phi) is 6.40. The van der Waals surface area contributed by atoms with E-state index in [4.69, 9.17) is 0 Å². The van der Waals surface area contributed by atoms with Crippen molar-refractivity contribution < 1.29 is 0 Å². The average molecular weight is 696 g/mol. The predicted molar refractivity (Wildman–Crippen MR) is 236 cm³/mol. The van der Waals surface area contributed by atoms with Crippen LogP contribution in [0.15, 0.2) is 200 Å². The number of nitrogens with zero attached hydrogens (tertiary/aromatic N) is 1. The van der Waals surface area contributed by atoms with Gasteiger partial charge < -0.3 is 4.57 Å². The first-order valence-electron chi connectivity index (χ1n) is 19.1. The fourth-order valence-electron chi connectivity index (χ4n) is 9.41. The third-order valence-corrected chi connectivity index (χ3v) is 11.9. The highest BCUT2D eigenvalue weighted by atomic mass is 15.0. The lowest BCUT2D eigenvalue weighted by Gasteiger charge is -2.18. The van der Waals surface area contributed by atoms with Crippen LogP contribution >= 0.6 is 0 Å². The lowest BCUT2D eigenvalue weighted by molar-refractivity contribution is 1.19. The summed E-state index contributed by atoms with van der Waals surface area (Å²) in [5.41, 5.74) is 11.0. The largest absolute Gasteiger partial charge is 0.309 e. The summed E-state index contributed by atoms with van der Waals surface area (Å²) < 4.78 is 2.51. The maximum atomic E-state index is 2.51. The Hall–Kier alpha value is -7.22. The molecule has 0 bridgehead atoms. The number of benzene rings is 11. The van der Waals surface area contributed by atoms with Gasteiger partial charge in [0.15, 0.2) is 0 Å². The van der Waals surface area contributed by atoms with Crippen molar-refractivity contribution in [2.45, 2.75) is 0 Å². The average Bonchev–Trinajstić information content (AvgIpc) is 3.61. The lowest BCUT2D eigenvalue weighted by Crippen LogP contribution is -1.96. The minimum absolute atomic E-state index is 1.16. The molecule has 0 aliphatic carbocycles. The van der Waals surface area contributed by atoms with E-state index in [0.29, 0.717) is 0 Å². The molecule has 1 nitrogen and oxygen atoms in total. The van der Waals surface area contributed by atoms with E-state index in [2.05, 4.69) is 205 Å². The number of rotatable bonds is 4. The molecule has 0 unspecified atom stereocenters. The Morgan fingerprint density at radius 1 is 0.273 bits per heavy atom. The van der Waals surface area contributed by atoms with E-state index in [-0.39, 0.29) is 0 Å². The van der Waals surface area contributed by atoms with Gasteiger partial charge in [-0.15, -0.1) is 0 Å². The highest BCUT2D eigenvalue weighted by Gasteiger charge is 2.23. The van der Waals surface area contributed by atoms with Gasteiger partial charge in [-0.1, -0.05) is 170 Å². The molecule has 55 heavy (non-hydrogen) atoms. The maximum absolute atomic E-state index is 2.51. The molecule has 12 aromatic rings. The van der Waals surface area contributed by atoms with Crippen molar-refractivity contribution in [2.24, 2.45) is 0 Å². The van der Waals surface area contributed by atoms with Crippen molar-refractivity contribution in [3.63, 3.8) is 0 Å². The van der Waals surface area contributed by atoms with E-state index in [9.17, 15) is 0 Å². The molecular weight excluding hydrogens is 663 g/mol. The molecule has 0 spiro atoms. The second-order valence-corrected chi connectivity index (χ2v) is 14.8. The van der Waals surface area contributed by atoms with E-state index < -0.39 is 0 Å². The summed E-state index contributed by atoms with van der Waals surface area (Å²) in [6.07, 6.45) is 0. The molecule has 0 aliphatic rings. The minimum Gasteiger partial charge on any atom is -0.309 e. The zero-order chi connectivity index (χ0) is 36.0. The van der Waals surface area contributed by atoms with Gasteiger partial charge in [0.1, 0.15) is 0 Å². The molecule has 0 N–H and O–H groups in total. The van der Waals surface area contributed by atoms with Crippen molar-refractivity contribution >= 4 is 75.7 Å². The number of fused-ring (bicyclic) bond motifs is 7. The maximum Gasteiger partial charge on any atom is 0.0626 e. The third kappa shape index (κ3) is 4.48. The van der Waals surface area contributed by atoms with Crippen LogP contribution < -0.4 is 0 Å². The highest BCUT2D eigenvalue weighted by Crippen LogP contribution is 2.48. The fraction of sp³-hybridized carbons (Fsp3) is 0. The van der Waals surface area contributed by atoms with Crippen LogP contribution in [0, 0.1) is 0 Å². The summed E-state index contributed by atoms with van der Waals surface area (Å²) in [6, 6.07) is 74.0. The first-order valence-corrected chi connectivity index (χ1v) is 19.1. The molecule has 0 atom stereocenters. The molecule has 11 aromatic carbocycles. The van der Waals surface area contributed by atoms with E-state index >= 15 is 0 Å². The van der Waals surface area contributed by atoms with Gasteiger partial charge in [0.05, 0.1) is 11.0 Å². The van der Waals surface area contributed by atoms with Crippen molar-refractivity contribution in [2.75, 3.05) is 0 Å². The highest BCUT2D eigenvalue weighted by molar-refractivity contribution is 6.39. The zero-order valence-electron chi connectivity index (χ0n) is 30.0. The second kappa shape index (κ2) is 11.6. The zero-order valence-corrected chi connectivity index (χ0v) is 30.0. The first kappa shape index (κ1) is 30.3. The van der Waals surface area contributed by atoms with Gasteiger partial charge in [-0.05, 0) is 107 Å². The molecular formula is C54H33N. The van der Waals surface area contributed by atoms with Gasteiger partial charge in [0, 0.05) is 27.2 Å². The summed E-state index contributed by atoms with van der Waals surface area (Å²) in [6.45, 7) is 0. The SMILES string of the molecule is c1ccc(-n2c3cc(-c4ccc(-c5cccc6ccccc56)cc4)ccc3c3c4cccc5cc(-c6ccc7ccccc7c6)c6cccc(c6c54)c32)cc1. The van der Waals surface area contributed by atoms with Gasteiger partial charge in [-0.2, -0.15) is 0 Å². The molecule has 254 valence electrons. The summed E-state index contributed by atoms with van der Waals surface area (Å²) in [4.78, 5) is 0. The van der Waals surface area contributed by atoms with Gasteiger partial charge in [0.25, 0.3) is 0 Å². The number of hydrogen-bond donors (Lipinski definition) is 0. The van der Waals surface area contributed by atoms with Crippen LogP contribution in [0.1, 0.15) is 0 Å². The molecule has 0 radical (unpaired) electrons. The Bertz CT molecular complexity index is 3450. The topological polar surface area (TPSA) is 4.93 Å². The standard InChI is InChI=1S/C54H33N/c1-2-16-42(17-3-1)55-50-33-39(35-23-26-37(27-24-35)44-19-8-14-36-12-6-7-18-43(36)44)29-30-46(50)53-47-21-9-15-41-32-49(40-28-25-34-11-4-5-13-38(34)31-40)45-20-10-22-48(54(53)55)52(45)51(41)47/h1-33H. The van der Waals surface area contributed by atoms with E-state index in [1.807, 2.05) is 0 Å². The summed E-state index contributed by atoms with van der Waals surface area (Å²) in [5, 5.41) is 15.4. The molecule has 12 rings (SSSR count). The van der Waals surface area contributed by atoms with Crippen LogP contribution in [0.5, 0.6) is 0 Å². The van der Waals surface area contributed by atoms with Crippen LogP contribution in [0.4, 0.5) is 0 Å². The monoisotopic (exact) mass is 695 g/mol. The normalized spacial score (nSPS) is 12.0. The van der Waals surface area contributed by atoms with Crippen LogP contribution in [0.3, 0.4) is 0 Å². The van der Waals surface area contributed by atoms with E-state index in [0.717, 1.165) is 5.69 Å². The second-order valence-electron chi connectivity index (χ2n) is 14.8. The molecule has 1 heterocycles. The summed E-state index contributed by atoms with van der Waals surface area (Å²) in [7, 11) is 0. The van der Waals surface area contributed by atoms with Crippen LogP contribution in [0.25, 0.3) is 115 Å².